The van der Waals surface area contributed by atoms with E-state index in [0.29, 0.717) is 56.9 Å². The monoisotopic (exact) mass is 803 g/mol. The fraction of sp³-hybridized carbons (Fsp3) is 0.773. The second kappa shape index (κ2) is 21.0. The standard InChI is InChI=1S/C44H69NO12/c1-10-13-31-19-25(2)18-26(3)20-37(54-8)40-38(55-9)22-28(5)44(52,57-40)41(49)42(50)45-17-12-11-14-32(45)43(51)56-35(24-34(31)47)29(6)39(48)27(4)21-30-15-16-33(46)36(23-30)53-7/h10,19,21,26,28-33,35-40,46,48,52H,1,11-18,20,22-24H2,2-9H3/b25-19+,27-21+/t26-,28+,29+,30-,31+,32-,33+,35-,36-,37-,38+,39+,40+,44+/m0/s1. The van der Waals surface area contributed by atoms with Crippen molar-refractivity contribution in [3.8, 4) is 0 Å². The van der Waals surface area contributed by atoms with Crippen LogP contribution in [0.1, 0.15) is 105 Å². The molecule has 0 spiro atoms. The number of hydrogen-bond acceptors (Lipinski definition) is 12. The quantitative estimate of drug-likeness (QED) is 0.168. The van der Waals surface area contributed by atoms with Gasteiger partial charge in [-0.1, -0.05) is 44.6 Å². The first-order valence-corrected chi connectivity index (χ1v) is 20.9. The van der Waals surface area contributed by atoms with Gasteiger partial charge in [0, 0.05) is 52.0 Å². The predicted molar refractivity (Wildman–Crippen MR) is 213 cm³/mol. The molecule has 2 saturated heterocycles. The van der Waals surface area contributed by atoms with Crippen LogP contribution in [0, 0.1) is 29.6 Å². The maximum atomic E-state index is 14.3. The van der Waals surface area contributed by atoms with Crippen LogP contribution in [0.5, 0.6) is 0 Å². The predicted octanol–water partition coefficient (Wildman–Crippen LogP) is 4.64. The minimum atomic E-state index is -2.50. The van der Waals surface area contributed by atoms with Crippen molar-refractivity contribution in [1.82, 2.24) is 4.90 Å². The van der Waals surface area contributed by atoms with E-state index in [4.69, 9.17) is 23.7 Å². The number of methoxy groups -OCH3 is 3. The van der Waals surface area contributed by atoms with Crippen molar-refractivity contribution in [3.05, 3.63) is 36.0 Å². The molecule has 2 bridgehead atoms. The Morgan fingerprint density at radius 3 is 2.32 bits per heavy atom. The average molecular weight is 804 g/mol. The number of Topliss-reactive ketones (excluding diaryl/α,β-unsaturated/α-hetero) is 2. The van der Waals surface area contributed by atoms with Crippen LogP contribution in [0.15, 0.2) is 36.0 Å². The molecule has 57 heavy (non-hydrogen) atoms. The minimum absolute atomic E-state index is 0.0120. The summed E-state index contributed by atoms with van der Waals surface area (Å²) in [7, 11) is 4.63. The fourth-order valence-electron chi connectivity index (χ4n) is 9.40. The van der Waals surface area contributed by atoms with E-state index >= 15 is 0 Å². The smallest absolute Gasteiger partial charge is 0.329 e. The highest BCUT2D eigenvalue weighted by Crippen LogP contribution is 2.39. The van der Waals surface area contributed by atoms with E-state index in [1.807, 2.05) is 26.0 Å². The summed E-state index contributed by atoms with van der Waals surface area (Å²) in [4.78, 5) is 58.0. The van der Waals surface area contributed by atoms with Gasteiger partial charge in [-0.2, -0.15) is 0 Å². The molecule has 1 saturated carbocycles. The van der Waals surface area contributed by atoms with Crippen LogP contribution in [0.4, 0.5) is 0 Å². The molecule has 1 aliphatic carbocycles. The number of rotatable bonds is 9. The summed E-state index contributed by atoms with van der Waals surface area (Å²) in [5.41, 5.74) is 1.60. The number of hydrogen-bond donors (Lipinski definition) is 3. The lowest BCUT2D eigenvalue weighted by Gasteiger charge is -2.47. The lowest BCUT2D eigenvalue weighted by Crippen LogP contribution is -2.64. The zero-order chi connectivity index (χ0) is 42.2. The highest BCUT2D eigenvalue weighted by Gasteiger charge is 2.56. The number of piperidine rings is 1. The first-order chi connectivity index (χ1) is 27.0. The SMILES string of the molecule is C=CC[C@@H]1/C=C(\C)C[C@H](C)C[C@H](OC)[C@H]2O[C@@](O)(C(=O)C(=O)N3CCCC[C@H]3C(=O)O[C@H]([C@@H](C)[C@H](O)/C(C)=C/[C@@H]3CC[C@@H](O)[C@@H](OC)C3)CC1=O)[C@H](C)C[C@H]2OC. The number of carbonyl (C=O) groups excluding carboxylic acids is 4. The third kappa shape index (κ3) is 11.3. The van der Waals surface area contributed by atoms with Gasteiger partial charge < -0.3 is 43.9 Å². The fourth-order valence-corrected chi connectivity index (χ4v) is 9.40. The van der Waals surface area contributed by atoms with E-state index in [-0.39, 0.29) is 49.5 Å². The number of amides is 1. The molecule has 3 heterocycles. The summed E-state index contributed by atoms with van der Waals surface area (Å²) in [5.74, 6) is -7.80. The van der Waals surface area contributed by atoms with Gasteiger partial charge in [-0.15, -0.1) is 6.58 Å². The molecule has 322 valence electrons. The number of allylic oxidation sites excluding steroid dienone is 4. The molecule has 0 aromatic carbocycles. The topological polar surface area (TPSA) is 178 Å². The largest absolute Gasteiger partial charge is 0.460 e. The minimum Gasteiger partial charge on any atom is -0.460 e. The highest BCUT2D eigenvalue weighted by atomic mass is 16.7. The van der Waals surface area contributed by atoms with Crippen molar-refractivity contribution in [2.75, 3.05) is 27.9 Å². The van der Waals surface area contributed by atoms with Gasteiger partial charge in [0.25, 0.3) is 11.7 Å². The summed E-state index contributed by atoms with van der Waals surface area (Å²) in [6.07, 6.45) is 5.10. The van der Waals surface area contributed by atoms with E-state index in [0.717, 1.165) is 10.5 Å². The van der Waals surface area contributed by atoms with Crippen LogP contribution in [0.3, 0.4) is 0 Å². The molecule has 3 aliphatic heterocycles. The van der Waals surface area contributed by atoms with Crippen molar-refractivity contribution in [3.63, 3.8) is 0 Å². The van der Waals surface area contributed by atoms with Crippen LogP contribution in [0.2, 0.25) is 0 Å². The van der Waals surface area contributed by atoms with Crippen molar-refractivity contribution in [1.29, 1.82) is 0 Å². The summed E-state index contributed by atoms with van der Waals surface area (Å²) >= 11 is 0. The van der Waals surface area contributed by atoms with Crippen molar-refractivity contribution in [2.45, 2.75) is 160 Å². The zero-order valence-electron chi connectivity index (χ0n) is 35.4. The summed E-state index contributed by atoms with van der Waals surface area (Å²) in [5, 5.41) is 34.0. The Kier molecular flexibility index (Phi) is 17.2. The second-order valence-corrected chi connectivity index (χ2v) is 17.3. The number of ketones is 2. The van der Waals surface area contributed by atoms with E-state index in [1.165, 1.54) is 14.2 Å². The molecule has 0 radical (unpaired) electrons. The Morgan fingerprint density at radius 2 is 1.67 bits per heavy atom. The van der Waals surface area contributed by atoms with Crippen LogP contribution in [-0.4, -0.2) is 126 Å². The van der Waals surface area contributed by atoms with E-state index < -0.39 is 83.9 Å². The molecule has 0 aromatic rings. The van der Waals surface area contributed by atoms with E-state index in [9.17, 15) is 34.5 Å². The second-order valence-electron chi connectivity index (χ2n) is 17.3. The molecule has 14 atom stereocenters. The van der Waals surface area contributed by atoms with Crippen molar-refractivity contribution >= 4 is 23.4 Å². The normalized spacial score (nSPS) is 39.1. The molecular weight excluding hydrogens is 734 g/mol. The van der Waals surface area contributed by atoms with Gasteiger partial charge in [0.05, 0.1) is 30.5 Å². The molecular formula is C44H69NO12. The first kappa shape index (κ1) is 46.9. The molecule has 4 aliphatic rings. The van der Waals surface area contributed by atoms with Crippen LogP contribution in [-0.2, 0) is 42.9 Å². The molecule has 1 amide bonds. The van der Waals surface area contributed by atoms with Gasteiger partial charge in [-0.3, -0.25) is 14.4 Å². The third-order valence-corrected chi connectivity index (χ3v) is 12.9. The molecule has 0 unspecified atom stereocenters. The van der Waals surface area contributed by atoms with Gasteiger partial charge in [-0.25, -0.2) is 4.79 Å². The molecule has 3 N–H and O–H groups in total. The Balaban J connectivity index is 1.74. The van der Waals surface area contributed by atoms with Gasteiger partial charge in [0.15, 0.2) is 0 Å². The van der Waals surface area contributed by atoms with Crippen LogP contribution in [0.25, 0.3) is 0 Å². The third-order valence-electron chi connectivity index (χ3n) is 12.9. The lowest BCUT2D eigenvalue weighted by atomic mass is 9.81. The number of nitrogens with zero attached hydrogens (tertiary/aromatic N) is 1. The number of ether oxygens (including phenoxy) is 5. The molecule has 4 rings (SSSR count). The number of cyclic esters (lactones) is 1. The summed E-state index contributed by atoms with van der Waals surface area (Å²) < 4.78 is 29.6. The molecule has 0 aromatic heterocycles. The maximum absolute atomic E-state index is 14.3. The number of fused-ring (bicyclic) bond motifs is 3. The molecule has 13 heteroatoms. The average Bonchev–Trinajstić information content (AvgIpc) is 3.19. The number of aliphatic hydroxyl groups excluding tert-OH is 2. The zero-order valence-corrected chi connectivity index (χ0v) is 35.4. The lowest BCUT2D eigenvalue weighted by molar-refractivity contribution is -0.302. The maximum Gasteiger partial charge on any atom is 0.329 e. The van der Waals surface area contributed by atoms with Crippen LogP contribution < -0.4 is 0 Å². The Morgan fingerprint density at radius 1 is 1.00 bits per heavy atom. The molecule has 13 nitrogen and oxygen atoms in total. The Bertz CT molecular complexity index is 1480. The number of aliphatic hydroxyl groups is 3. The Labute approximate surface area is 339 Å². The summed E-state index contributed by atoms with van der Waals surface area (Å²) in [6.45, 7) is 13.1. The van der Waals surface area contributed by atoms with Gasteiger partial charge in [-0.05, 0) is 95.5 Å². The first-order valence-electron chi connectivity index (χ1n) is 20.9. The van der Waals surface area contributed by atoms with E-state index in [1.54, 1.807) is 34.0 Å². The van der Waals surface area contributed by atoms with E-state index in [2.05, 4.69) is 6.58 Å². The van der Waals surface area contributed by atoms with Gasteiger partial charge in [0.2, 0.25) is 5.79 Å². The van der Waals surface area contributed by atoms with Crippen molar-refractivity contribution < 1.29 is 58.2 Å². The number of esters is 1. The van der Waals surface area contributed by atoms with Gasteiger partial charge >= 0.3 is 5.97 Å². The van der Waals surface area contributed by atoms with Crippen molar-refractivity contribution in [2.24, 2.45) is 29.6 Å². The van der Waals surface area contributed by atoms with Crippen LogP contribution >= 0.6 is 0 Å². The summed E-state index contributed by atoms with van der Waals surface area (Å²) in [6, 6.07) is -1.17. The molecule has 3 fully saturated rings. The Hall–Kier alpha value is -2.78. The highest BCUT2D eigenvalue weighted by molar-refractivity contribution is 6.39. The van der Waals surface area contributed by atoms with Gasteiger partial charge in [0.1, 0.15) is 24.0 Å². The number of carbonyl (C=O) groups is 4.